The Morgan fingerprint density at radius 3 is 1.78 bits per heavy atom. The van der Waals surface area contributed by atoms with Gasteiger partial charge in [-0.1, -0.05) is 41.5 Å². The van der Waals surface area contributed by atoms with Crippen molar-refractivity contribution in [1.29, 1.82) is 0 Å². The summed E-state index contributed by atoms with van der Waals surface area (Å²) in [6.45, 7) is 18.5. The van der Waals surface area contributed by atoms with Crippen LogP contribution in [0.4, 0.5) is 0 Å². The summed E-state index contributed by atoms with van der Waals surface area (Å²) >= 11 is 0. The monoisotopic (exact) mass is 255 g/mol. The van der Waals surface area contributed by atoms with Gasteiger partial charge in [-0.05, 0) is 37.5 Å². The summed E-state index contributed by atoms with van der Waals surface area (Å²) in [5.74, 6) is 0.599. The van der Waals surface area contributed by atoms with E-state index in [1.54, 1.807) is 0 Å². The van der Waals surface area contributed by atoms with Gasteiger partial charge < -0.3 is 0 Å². The zero-order valence-electron chi connectivity index (χ0n) is 13.9. The molecule has 1 rings (SSSR count). The SMILES string of the molecule is CN1OC(CC(C)(C)C)C(CC(C)(C)C)C1(C)C. The van der Waals surface area contributed by atoms with Crippen LogP contribution in [0.1, 0.15) is 68.2 Å². The van der Waals surface area contributed by atoms with Crippen molar-refractivity contribution in [2.75, 3.05) is 7.05 Å². The van der Waals surface area contributed by atoms with Crippen molar-refractivity contribution < 1.29 is 4.84 Å². The van der Waals surface area contributed by atoms with Gasteiger partial charge in [0.15, 0.2) is 0 Å². The molecule has 1 heterocycles. The van der Waals surface area contributed by atoms with Crippen molar-refractivity contribution in [1.82, 2.24) is 5.06 Å². The topological polar surface area (TPSA) is 12.5 Å². The molecule has 1 aliphatic heterocycles. The summed E-state index contributed by atoms with van der Waals surface area (Å²) in [4.78, 5) is 6.14. The molecule has 1 fully saturated rings. The second kappa shape index (κ2) is 4.79. The predicted molar refractivity (Wildman–Crippen MR) is 78.3 cm³/mol. The maximum atomic E-state index is 6.14. The normalized spacial score (nSPS) is 29.8. The summed E-state index contributed by atoms with van der Waals surface area (Å²) in [6, 6.07) is 0. The van der Waals surface area contributed by atoms with E-state index in [1.807, 2.05) is 0 Å². The number of hydrogen-bond donors (Lipinski definition) is 0. The zero-order chi connectivity index (χ0) is 14.4. The molecule has 0 aromatic rings. The molecule has 2 unspecified atom stereocenters. The highest BCUT2D eigenvalue weighted by atomic mass is 16.7. The third-order valence-corrected chi connectivity index (χ3v) is 4.11. The van der Waals surface area contributed by atoms with Crippen LogP contribution in [0.25, 0.3) is 0 Å². The molecule has 0 aromatic carbocycles. The number of rotatable bonds is 2. The van der Waals surface area contributed by atoms with Crippen molar-refractivity contribution in [3.63, 3.8) is 0 Å². The Morgan fingerprint density at radius 2 is 1.39 bits per heavy atom. The molecule has 2 heteroatoms. The van der Waals surface area contributed by atoms with Gasteiger partial charge in [-0.15, -0.1) is 0 Å². The van der Waals surface area contributed by atoms with Crippen LogP contribution in [0.5, 0.6) is 0 Å². The smallest absolute Gasteiger partial charge is 0.0844 e. The summed E-state index contributed by atoms with van der Waals surface area (Å²) in [5, 5.41) is 2.08. The first-order valence-corrected chi connectivity index (χ1v) is 7.23. The van der Waals surface area contributed by atoms with Crippen molar-refractivity contribution in [2.45, 2.75) is 79.9 Å². The van der Waals surface area contributed by atoms with Crippen molar-refractivity contribution in [3.05, 3.63) is 0 Å². The van der Waals surface area contributed by atoms with E-state index in [4.69, 9.17) is 4.84 Å². The fraction of sp³-hybridized carbons (Fsp3) is 1.00. The molecule has 18 heavy (non-hydrogen) atoms. The standard InChI is InChI=1S/C16H33NO/c1-14(2,3)10-12-13(11-15(4,5)6)18-17(9)16(12,7)8/h12-13H,10-11H2,1-9H3. The van der Waals surface area contributed by atoms with Crippen LogP contribution in [0, 0.1) is 16.7 Å². The molecule has 2 nitrogen and oxygen atoms in total. The lowest BCUT2D eigenvalue weighted by atomic mass is 9.71. The molecule has 0 spiro atoms. The fourth-order valence-electron chi connectivity index (χ4n) is 2.92. The van der Waals surface area contributed by atoms with Gasteiger partial charge in [-0.25, -0.2) is 0 Å². The van der Waals surface area contributed by atoms with Crippen LogP contribution in [-0.4, -0.2) is 23.8 Å². The quantitative estimate of drug-likeness (QED) is 0.720. The Kier molecular flexibility index (Phi) is 4.25. The lowest BCUT2D eigenvalue weighted by molar-refractivity contribution is -0.166. The molecule has 108 valence electrons. The van der Waals surface area contributed by atoms with Gasteiger partial charge in [0.2, 0.25) is 0 Å². The molecule has 0 amide bonds. The van der Waals surface area contributed by atoms with Crippen LogP contribution >= 0.6 is 0 Å². The van der Waals surface area contributed by atoms with E-state index >= 15 is 0 Å². The maximum absolute atomic E-state index is 6.14. The van der Waals surface area contributed by atoms with Gasteiger partial charge in [0.05, 0.1) is 6.10 Å². The van der Waals surface area contributed by atoms with Gasteiger partial charge in [0, 0.05) is 18.5 Å². The first kappa shape index (κ1) is 16.0. The van der Waals surface area contributed by atoms with E-state index in [9.17, 15) is 0 Å². The molecule has 1 aliphatic rings. The van der Waals surface area contributed by atoms with Crippen LogP contribution in [-0.2, 0) is 4.84 Å². The number of nitrogens with zero attached hydrogens (tertiary/aromatic N) is 1. The highest BCUT2D eigenvalue weighted by Gasteiger charge is 2.49. The van der Waals surface area contributed by atoms with E-state index in [2.05, 4.69) is 67.5 Å². The molecule has 2 atom stereocenters. The summed E-state index contributed by atoms with van der Waals surface area (Å²) in [7, 11) is 2.08. The first-order valence-electron chi connectivity index (χ1n) is 7.23. The van der Waals surface area contributed by atoms with Gasteiger partial charge in [0.25, 0.3) is 0 Å². The maximum Gasteiger partial charge on any atom is 0.0844 e. The van der Waals surface area contributed by atoms with Crippen molar-refractivity contribution in [2.24, 2.45) is 16.7 Å². The summed E-state index contributed by atoms with van der Waals surface area (Å²) in [5.41, 5.74) is 0.803. The first-order chi connectivity index (χ1) is 7.83. The Morgan fingerprint density at radius 1 is 0.944 bits per heavy atom. The second-order valence-electron chi connectivity index (χ2n) is 8.93. The Hall–Kier alpha value is -0.0800. The van der Waals surface area contributed by atoms with Gasteiger partial charge >= 0.3 is 0 Å². The highest BCUT2D eigenvalue weighted by molar-refractivity contribution is 4.96. The van der Waals surface area contributed by atoms with E-state index < -0.39 is 0 Å². The highest BCUT2D eigenvalue weighted by Crippen LogP contribution is 2.45. The van der Waals surface area contributed by atoms with Crippen LogP contribution in [0.3, 0.4) is 0 Å². The Balaban J connectivity index is 2.89. The second-order valence-corrected chi connectivity index (χ2v) is 8.93. The minimum absolute atomic E-state index is 0.128. The molecule has 0 saturated carbocycles. The zero-order valence-corrected chi connectivity index (χ0v) is 13.9. The third-order valence-electron chi connectivity index (χ3n) is 4.11. The number of hydroxylamine groups is 2. The van der Waals surface area contributed by atoms with E-state index in [0.29, 0.717) is 22.9 Å². The summed E-state index contributed by atoms with van der Waals surface area (Å²) in [6.07, 6.45) is 2.69. The Bertz CT molecular complexity index is 282. The molecule has 0 bridgehead atoms. The molecular formula is C16H33NO. The fourth-order valence-corrected chi connectivity index (χ4v) is 2.92. The van der Waals surface area contributed by atoms with Gasteiger partial charge in [-0.2, -0.15) is 5.06 Å². The van der Waals surface area contributed by atoms with Crippen LogP contribution in [0.2, 0.25) is 0 Å². The minimum atomic E-state index is 0.128. The molecular weight excluding hydrogens is 222 g/mol. The molecule has 0 N–H and O–H groups in total. The van der Waals surface area contributed by atoms with Crippen molar-refractivity contribution in [3.8, 4) is 0 Å². The van der Waals surface area contributed by atoms with Gasteiger partial charge in [-0.3, -0.25) is 4.84 Å². The van der Waals surface area contributed by atoms with E-state index in [-0.39, 0.29) is 5.54 Å². The largest absolute Gasteiger partial charge is 0.295 e. The lowest BCUT2D eigenvalue weighted by Crippen LogP contribution is -2.42. The molecule has 0 radical (unpaired) electrons. The van der Waals surface area contributed by atoms with Gasteiger partial charge in [0.1, 0.15) is 0 Å². The minimum Gasteiger partial charge on any atom is -0.295 e. The van der Waals surface area contributed by atoms with E-state index in [1.165, 1.54) is 6.42 Å². The van der Waals surface area contributed by atoms with E-state index in [0.717, 1.165) is 6.42 Å². The third kappa shape index (κ3) is 3.96. The predicted octanol–water partition coefficient (Wildman–Crippen LogP) is 4.50. The number of hydrogen-bond acceptors (Lipinski definition) is 2. The average Bonchev–Trinajstić information content (AvgIpc) is 2.24. The molecule has 0 aromatic heterocycles. The van der Waals surface area contributed by atoms with Crippen molar-refractivity contribution >= 4 is 0 Å². The van der Waals surface area contributed by atoms with Crippen LogP contribution < -0.4 is 0 Å². The summed E-state index contributed by atoms with van der Waals surface area (Å²) < 4.78 is 0. The lowest BCUT2D eigenvalue weighted by Gasteiger charge is -2.36. The van der Waals surface area contributed by atoms with Crippen LogP contribution in [0.15, 0.2) is 0 Å². The average molecular weight is 255 g/mol. The Labute approximate surface area is 114 Å². The molecule has 1 saturated heterocycles. The molecule has 0 aliphatic carbocycles.